The van der Waals surface area contributed by atoms with Gasteiger partial charge in [0.1, 0.15) is 5.52 Å². The standard InChI is InChI=1S/C16H12ClN3/c1-8-5-13-14(6-9(8)2)20-16-15(18-13)11-7-10(17)3-4-12(11)19-16/h3-7H,1-2H3,(H,19,20). The molecule has 0 amide bonds. The van der Waals surface area contributed by atoms with Crippen molar-refractivity contribution in [1.82, 2.24) is 15.0 Å². The molecule has 1 N–H and O–H groups in total. The average molecular weight is 282 g/mol. The first-order chi connectivity index (χ1) is 9.61. The number of aromatic nitrogens is 3. The molecule has 2 aromatic heterocycles. The number of aromatic amines is 1. The van der Waals surface area contributed by atoms with Crippen LogP contribution in [0.2, 0.25) is 5.02 Å². The number of nitrogens with zero attached hydrogens (tertiary/aromatic N) is 2. The maximum Gasteiger partial charge on any atom is 0.157 e. The molecule has 0 aliphatic heterocycles. The number of hydrogen-bond donors (Lipinski definition) is 1. The van der Waals surface area contributed by atoms with E-state index in [0.717, 1.165) is 33.1 Å². The minimum Gasteiger partial charge on any atom is -0.338 e. The van der Waals surface area contributed by atoms with Gasteiger partial charge in [0.15, 0.2) is 5.65 Å². The van der Waals surface area contributed by atoms with E-state index < -0.39 is 0 Å². The van der Waals surface area contributed by atoms with Crippen LogP contribution in [0.4, 0.5) is 0 Å². The highest BCUT2D eigenvalue weighted by molar-refractivity contribution is 6.31. The molecule has 0 saturated carbocycles. The molecule has 98 valence electrons. The summed E-state index contributed by atoms with van der Waals surface area (Å²) >= 11 is 6.08. The number of benzene rings is 2. The summed E-state index contributed by atoms with van der Waals surface area (Å²) < 4.78 is 0. The zero-order valence-corrected chi connectivity index (χ0v) is 11.9. The number of fused-ring (bicyclic) bond motifs is 4. The number of aryl methyl sites for hydroxylation is 2. The van der Waals surface area contributed by atoms with Crippen molar-refractivity contribution < 1.29 is 0 Å². The molecule has 2 aromatic carbocycles. The van der Waals surface area contributed by atoms with Gasteiger partial charge in [-0.3, -0.25) is 0 Å². The van der Waals surface area contributed by atoms with Gasteiger partial charge in [-0.1, -0.05) is 11.6 Å². The summed E-state index contributed by atoms with van der Waals surface area (Å²) in [6.45, 7) is 4.18. The van der Waals surface area contributed by atoms with E-state index in [4.69, 9.17) is 16.6 Å². The average Bonchev–Trinajstić information content (AvgIpc) is 2.75. The largest absolute Gasteiger partial charge is 0.338 e. The number of rotatable bonds is 0. The highest BCUT2D eigenvalue weighted by Crippen LogP contribution is 2.27. The first kappa shape index (κ1) is 11.7. The second kappa shape index (κ2) is 3.93. The van der Waals surface area contributed by atoms with Gasteiger partial charge in [-0.15, -0.1) is 0 Å². The van der Waals surface area contributed by atoms with Crippen LogP contribution >= 0.6 is 11.6 Å². The van der Waals surface area contributed by atoms with E-state index in [1.807, 2.05) is 18.2 Å². The monoisotopic (exact) mass is 281 g/mol. The van der Waals surface area contributed by atoms with Gasteiger partial charge in [0, 0.05) is 15.9 Å². The van der Waals surface area contributed by atoms with Crippen LogP contribution in [0.25, 0.3) is 33.1 Å². The van der Waals surface area contributed by atoms with Gasteiger partial charge in [-0.25, -0.2) is 9.97 Å². The molecule has 0 fully saturated rings. The first-order valence-corrected chi connectivity index (χ1v) is 6.85. The number of H-pyrrole nitrogens is 1. The van der Waals surface area contributed by atoms with Crippen LogP contribution in [-0.4, -0.2) is 15.0 Å². The molecule has 0 radical (unpaired) electrons. The predicted octanol–water partition coefficient (Wildman–Crippen LogP) is 4.53. The van der Waals surface area contributed by atoms with Crippen molar-refractivity contribution in [2.24, 2.45) is 0 Å². The van der Waals surface area contributed by atoms with Crippen molar-refractivity contribution in [1.29, 1.82) is 0 Å². The highest BCUT2D eigenvalue weighted by atomic mass is 35.5. The second-order valence-corrected chi connectivity index (χ2v) is 5.60. The van der Waals surface area contributed by atoms with E-state index in [-0.39, 0.29) is 0 Å². The summed E-state index contributed by atoms with van der Waals surface area (Å²) in [4.78, 5) is 12.7. The van der Waals surface area contributed by atoms with Crippen LogP contribution < -0.4 is 0 Å². The molecule has 2 heterocycles. The zero-order valence-electron chi connectivity index (χ0n) is 11.2. The Morgan fingerprint density at radius 3 is 2.40 bits per heavy atom. The van der Waals surface area contributed by atoms with Crippen LogP contribution in [0.3, 0.4) is 0 Å². The van der Waals surface area contributed by atoms with Crippen molar-refractivity contribution in [2.45, 2.75) is 13.8 Å². The molecule has 4 rings (SSSR count). The van der Waals surface area contributed by atoms with Gasteiger partial charge in [0.25, 0.3) is 0 Å². The zero-order chi connectivity index (χ0) is 13.9. The van der Waals surface area contributed by atoms with Crippen molar-refractivity contribution >= 4 is 44.7 Å². The fraction of sp³-hybridized carbons (Fsp3) is 0.125. The van der Waals surface area contributed by atoms with Crippen molar-refractivity contribution in [2.75, 3.05) is 0 Å². The Bertz CT molecular complexity index is 985. The summed E-state index contributed by atoms with van der Waals surface area (Å²) in [6.07, 6.45) is 0. The molecule has 0 unspecified atom stereocenters. The van der Waals surface area contributed by atoms with Crippen LogP contribution in [0, 0.1) is 13.8 Å². The first-order valence-electron chi connectivity index (χ1n) is 6.48. The summed E-state index contributed by atoms with van der Waals surface area (Å²) in [5, 5.41) is 1.72. The quantitative estimate of drug-likeness (QED) is 0.514. The Kier molecular flexibility index (Phi) is 2.30. The molecule has 0 bridgehead atoms. The molecule has 4 aromatic rings. The van der Waals surface area contributed by atoms with E-state index in [0.29, 0.717) is 5.02 Å². The molecule has 3 nitrogen and oxygen atoms in total. The smallest absolute Gasteiger partial charge is 0.157 e. The lowest BCUT2D eigenvalue weighted by atomic mass is 10.1. The molecule has 0 aliphatic rings. The Hall–Kier alpha value is -2.13. The third-order valence-corrected chi connectivity index (χ3v) is 4.00. The third kappa shape index (κ3) is 1.60. The third-order valence-electron chi connectivity index (χ3n) is 3.77. The van der Waals surface area contributed by atoms with E-state index in [2.05, 4.69) is 35.9 Å². The molecule has 0 spiro atoms. The lowest BCUT2D eigenvalue weighted by Gasteiger charge is -2.02. The van der Waals surface area contributed by atoms with Gasteiger partial charge in [-0.05, 0) is 55.3 Å². The van der Waals surface area contributed by atoms with Gasteiger partial charge in [-0.2, -0.15) is 0 Å². The Morgan fingerprint density at radius 1 is 0.950 bits per heavy atom. The van der Waals surface area contributed by atoms with Gasteiger partial charge in [0.05, 0.1) is 11.0 Å². The minimum absolute atomic E-state index is 0.709. The van der Waals surface area contributed by atoms with Gasteiger partial charge >= 0.3 is 0 Å². The molecule has 0 aliphatic carbocycles. The number of hydrogen-bond acceptors (Lipinski definition) is 2. The van der Waals surface area contributed by atoms with Crippen LogP contribution in [-0.2, 0) is 0 Å². The SMILES string of the molecule is Cc1cc2nc3[nH]c4ccc(Cl)cc4c3nc2cc1C. The van der Waals surface area contributed by atoms with E-state index in [9.17, 15) is 0 Å². The lowest BCUT2D eigenvalue weighted by Crippen LogP contribution is -1.89. The van der Waals surface area contributed by atoms with E-state index in [1.54, 1.807) is 0 Å². The molecular formula is C16H12ClN3. The van der Waals surface area contributed by atoms with E-state index >= 15 is 0 Å². The maximum atomic E-state index is 6.08. The number of nitrogens with one attached hydrogen (secondary N) is 1. The van der Waals surface area contributed by atoms with Crippen LogP contribution in [0.15, 0.2) is 30.3 Å². The van der Waals surface area contributed by atoms with Crippen molar-refractivity contribution in [3.8, 4) is 0 Å². The molecule has 4 heteroatoms. The molecule has 0 atom stereocenters. The normalized spacial score (nSPS) is 11.8. The summed E-state index contributed by atoms with van der Waals surface area (Å²) in [5.41, 5.74) is 6.97. The Balaban J connectivity index is 2.19. The molecule has 20 heavy (non-hydrogen) atoms. The maximum absolute atomic E-state index is 6.08. The van der Waals surface area contributed by atoms with Crippen LogP contribution in [0.5, 0.6) is 0 Å². The van der Waals surface area contributed by atoms with E-state index in [1.165, 1.54) is 11.1 Å². The van der Waals surface area contributed by atoms with Crippen molar-refractivity contribution in [3.05, 3.63) is 46.5 Å². The molecular weight excluding hydrogens is 270 g/mol. The highest BCUT2D eigenvalue weighted by Gasteiger charge is 2.10. The van der Waals surface area contributed by atoms with Gasteiger partial charge in [0.2, 0.25) is 0 Å². The lowest BCUT2D eigenvalue weighted by molar-refractivity contribution is 1.30. The second-order valence-electron chi connectivity index (χ2n) is 5.16. The minimum atomic E-state index is 0.709. The van der Waals surface area contributed by atoms with Crippen LogP contribution in [0.1, 0.15) is 11.1 Å². The fourth-order valence-electron chi connectivity index (χ4n) is 2.54. The number of halogens is 1. The molecule has 0 saturated heterocycles. The van der Waals surface area contributed by atoms with Crippen molar-refractivity contribution in [3.63, 3.8) is 0 Å². The predicted molar refractivity (Wildman–Crippen MR) is 83.4 cm³/mol. The Morgan fingerprint density at radius 2 is 1.65 bits per heavy atom. The van der Waals surface area contributed by atoms with Gasteiger partial charge < -0.3 is 4.98 Å². The summed E-state index contributed by atoms with van der Waals surface area (Å²) in [7, 11) is 0. The topological polar surface area (TPSA) is 41.6 Å². The summed E-state index contributed by atoms with van der Waals surface area (Å²) in [5.74, 6) is 0. The Labute approximate surface area is 120 Å². The summed E-state index contributed by atoms with van der Waals surface area (Å²) in [6, 6.07) is 9.92. The fourth-order valence-corrected chi connectivity index (χ4v) is 2.71.